The number of halogens is 4. The van der Waals surface area contributed by atoms with E-state index in [9.17, 15) is 18.0 Å². The monoisotopic (exact) mass is 342 g/mol. The number of carbonyl (C=O) groups excluding carboxylic acids is 1. The lowest BCUT2D eigenvalue weighted by molar-refractivity contribution is -0.116. The van der Waals surface area contributed by atoms with E-state index in [2.05, 4.69) is 10.6 Å². The number of carbonyl (C=O) groups is 1. The molecule has 0 saturated carbocycles. The summed E-state index contributed by atoms with van der Waals surface area (Å²) < 4.78 is 39.3. The van der Waals surface area contributed by atoms with Crippen LogP contribution < -0.4 is 10.6 Å². The summed E-state index contributed by atoms with van der Waals surface area (Å²) >= 11 is 5.85. The number of hydrogen-bond acceptors (Lipinski definition) is 2. The van der Waals surface area contributed by atoms with Gasteiger partial charge in [0.25, 0.3) is 0 Å². The molecule has 0 atom stereocenters. The van der Waals surface area contributed by atoms with Crippen LogP contribution in [-0.2, 0) is 4.79 Å². The molecule has 0 spiro atoms. The highest BCUT2D eigenvalue weighted by Crippen LogP contribution is 2.21. The lowest BCUT2D eigenvalue weighted by Gasteiger charge is -2.10. The first-order valence-corrected chi connectivity index (χ1v) is 7.19. The van der Waals surface area contributed by atoms with Crippen LogP contribution >= 0.6 is 11.6 Å². The van der Waals surface area contributed by atoms with Gasteiger partial charge in [0.2, 0.25) is 5.91 Å². The van der Waals surface area contributed by atoms with Crippen molar-refractivity contribution in [1.82, 2.24) is 0 Å². The molecule has 0 radical (unpaired) electrons. The molecule has 0 heterocycles. The predicted molar refractivity (Wildman–Crippen MR) is 84.2 cm³/mol. The van der Waals surface area contributed by atoms with Gasteiger partial charge >= 0.3 is 0 Å². The second-order valence-electron chi connectivity index (χ2n) is 4.91. The van der Waals surface area contributed by atoms with E-state index in [1.165, 1.54) is 0 Å². The molecule has 0 aromatic heterocycles. The third kappa shape index (κ3) is 4.39. The molecule has 2 aromatic rings. The predicted octanol–water partition coefficient (Wildman–Crippen LogP) is 4.51. The first kappa shape index (κ1) is 17.1. The van der Waals surface area contributed by atoms with Gasteiger partial charge in [0.1, 0.15) is 0 Å². The fourth-order valence-electron chi connectivity index (χ4n) is 1.97. The quantitative estimate of drug-likeness (QED) is 0.785. The molecule has 0 bridgehead atoms. The summed E-state index contributed by atoms with van der Waals surface area (Å²) in [7, 11) is 0. The highest BCUT2D eigenvalue weighted by molar-refractivity contribution is 6.30. The standard InChI is InChI=1S/C16H14ClF3N2O/c1-9-8-10(17)2-4-12(9)21-7-6-14(23)22-13-5-3-11(18)15(19)16(13)20/h2-5,8,21H,6-7H2,1H3,(H,22,23). The topological polar surface area (TPSA) is 41.1 Å². The van der Waals surface area contributed by atoms with Gasteiger partial charge in [-0.05, 0) is 42.8 Å². The Morgan fingerprint density at radius 2 is 1.78 bits per heavy atom. The Balaban J connectivity index is 1.89. The molecule has 1 amide bonds. The molecule has 7 heteroatoms. The molecule has 122 valence electrons. The van der Waals surface area contributed by atoms with Gasteiger partial charge in [-0.25, -0.2) is 13.2 Å². The maximum Gasteiger partial charge on any atom is 0.226 e. The summed E-state index contributed by atoms with van der Waals surface area (Å²) in [6.07, 6.45) is 0.0283. The minimum atomic E-state index is -1.61. The van der Waals surface area contributed by atoms with Crippen molar-refractivity contribution in [2.75, 3.05) is 17.2 Å². The van der Waals surface area contributed by atoms with Crippen molar-refractivity contribution in [3.05, 3.63) is 58.4 Å². The Morgan fingerprint density at radius 1 is 1.09 bits per heavy atom. The molecule has 2 N–H and O–H groups in total. The number of nitrogens with one attached hydrogen (secondary N) is 2. The van der Waals surface area contributed by atoms with Crippen molar-refractivity contribution in [1.29, 1.82) is 0 Å². The van der Waals surface area contributed by atoms with Gasteiger partial charge in [-0.1, -0.05) is 11.6 Å². The third-order valence-corrected chi connectivity index (χ3v) is 3.40. The van der Waals surface area contributed by atoms with E-state index in [0.29, 0.717) is 11.6 Å². The fraction of sp³-hybridized carbons (Fsp3) is 0.188. The van der Waals surface area contributed by atoms with E-state index in [0.717, 1.165) is 23.4 Å². The maximum atomic E-state index is 13.4. The number of anilines is 2. The van der Waals surface area contributed by atoms with Crippen LogP contribution in [0.3, 0.4) is 0 Å². The van der Waals surface area contributed by atoms with Gasteiger partial charge in [0, 0.05) is 23.7 Å². The molecule has 0 aliphatic heterocycles. The van der Waals surface area contributed by atoms with Gasteiger partial charge < -0.3 is 10.6 Å². The normalized spacial score (nSPS) is 10.5. The Morgan fingerprint density at radius 3 is 2.48 bits per heavy atom. The summed E-state index contributed by atoms with van der Waals surface area (Å²) in [6.45, 7) is 2.16. The molecule has 3 nitrogen and oxygen atoms in total. The average molecular weight is 343 g/mol. The highest BCUT2D eigenvalue weighted by Gasteiger charge is 2.15. The van der Waals surface area contributed by atoms with Gasteiger partial charge in [0.15, 0.2) is 17.5 Å². The van der Waals surface area contributed by atoms with E-state index < -0.39 is 29.0 Å². The van der Waals surface area contributed by atoms with Crippen molar-refractivity contribution >= 4 is 28.9 Å². The van der Waals surface area contributed by atoms with Crippen LogP contribution in [0, 0.1) is 24.4 Å². The number of benzene rings is 2. The number of aryl methyl sites for hydroxylation is 1. The molecular weight excluding hydrogens is 329 g/mol. The molecule has 0 aliphatic carbocycles. The minimum Gasteiger partial charge on any atom is -0.384 e. The first-order valence-electron chi connectivity index (χ1n) is 6.82. The highest BCUT2D eigenvalue weighted by atomic mass is 35.5. The molecule has 0 unspecified atom stereocenters. The number of hydrogen-bond donors (Lipinski definition) is 2. The van der Waals surface area contributed by atoms with Crippen molar-refractivity contribution < 1.29 is 18.0 Å². The van der Waals surface area contributed by atoms with Crippen molar-refractivity contribution in [3.8, 4) is 0 Å². The summed E-state index contributed by atoms with van der Waals surface area (Å²) in [6, 6.07) is 7.00. The van der Waals surface area contributed by atoms with Crippen LogP contribution in [0.15, 0.2) is 30.3 Å². The smallest absolute Gasteiger partial charge is 0.226 e. The second kappa shape index (κ2) is 7.37. The van der Waals surface area contributed by atoms with Crippen LogP contribution in [0.1, 0.15) is 12.0 Å². The third-order valence-electron chi connectivity index (χ3n) is 3.17. The summed E-state index contributed by atoms with van der Waals surface area (Å²) in [5.41, 5.74) is 1.35. The fourth-order valence-corrected chi connectivity index (χ4v) is 2.20. The van der Waals surface area contributed by atoms with Crippen LogP contribution in [0.25, 0.3) is 0 Å². The zero-order valence-electron chi connectivity index (χ0n) is 12.2. The average Bonchev–Trinajstić information content (AvgIpc) is 2.50. The Labute approximate surface area is 136 Å². The summed E-state index contributed by atoms with van der Waals surface area (Å²) in [5.74, 6) is -4.85. The Hall–Kier alpha value is -2.21. The SMILES string of the molecule is Cc1cc(Cl)ccc1NCCC(=O)Nc1ccc(F)c(F)c1F. The summed E-state index contributed by atoms with van der Waals surface area (Å²) in [4.78, 5) is 11.7. The van der Waals surface area contributed by atoms with Crippen LogP contribution in [-0.4, -0.2) is 12.5 Å². The van der Waals surface area contributed by atoms with Crippen LogP contribution in [0.2, 0.25) is 5.02 Å². The van der Waals surface area contributed by atoms with E-state index in [-0.39, 0.29) is 6.42 Å². The van der Waals surface area contributed by atoms with E-state index in [4.69, 9.17) is 11.6 Å². The van der Waals surface area contributed by atoms with E-state index >= 15 is 0 Å². The number of amides is 1. The van der Waals surface area contributed by atoms with Gasteiger partial charge in [-0.3, -0.25) is 4.79 Å². The zero-order valence-corrected chi connectivity index (χ0v) is 13.0. The van der Waals surface area contributed by atoms with Crippen molar-refractivity contribution in [3.63, 3.8) is 0 Å². The molecule has 2 rings (SSSR count). The first-order chi connectivity index (χ1) is 10.9. The molecule has 0 aliphatic rings. The molecule has 0 saturated heterocycles. The van der Waals surface area contributed by atoms with E-state index in [1.54, 1.807) is 18.2 Å². The van der Waals surface area contributed by atoms with Gasteiger partial charge in [0.05, 0.1) is 5.69 Å². The lowest BCUT2D eigenvalue weighted by atomic mass is 10.2. The Kier molecular flexibility index (Phi) is 5.50. The lowest BCUT2D eigenvalue weighted by Crippen LogP contribution is -2.17. The van der Waals surface area contributed by atoms with Crippen molar-refractivity contribution in [2.45, 2.75) is 13.3 Å². The molecule has 2 aromatic carbocycles. The van der Waals surface area contributed by atoms with Crippen molar-refractivity contribution in [2.24, 2.45) is 0 Å². The van der Waals surface area contributed by atoms with Gasteiger partial charge in [-0.15, -0.1) is 0 Å². The maximum absolute atomic E-state index is 13.4. The van der Waals surface area contributed by atoms with Crippen LogP contribution in [0.4, 0.5) is 24.5 Å². The van der Waals surface area contributed by atoms with Crippen LogP contribution in [0.5, 0.6) is 0 Å². The largest absolute Gasteiger partial charge is 0.384 e. The van der Waals surface area contributed by atoms with E-state index in [1.807, 2.05) is 6.92 Å². The Bertz CT molecular complexity index is 738. The molecule has 23 heavy (non-hydrogen) atoms. The zero-order chi connectivity index (χ0) is 17.0. The minimum absolute atomic E-state index is 0.0283. The molecule has 0 fully saturated rings. The molecular formula is C16H14ClF3N2O. The number of rotatable bonds is 5. The summed E-state index contributed by atoms with van der Waals surface area (Å²) in [5, 5.41) is 5.86. The van der Waals surface area contributed by atoms with Gasteiger partial charge in [-0.2, -0.15) is 0 Å². The second-order valence-corrected chi connectivity index (χ2v) is 5.34.